The van der Waals surface area contributed by atoms with Crippen LogP contribution in [0.3, 0.4) is 0 Å². The summed E-state index contributed by atoms with van der Waals surface area (Å²) in [6, 6.07) is 37.6. The second-order valence-electron chi connectivity index (χ2n) is 12.7. The molecule has 284 valence electrons. The SMILES string of the molecule is NC(=O)CN(CCOc1cc(-c2ccccc2)cc(-c2ccccn2)n1)CC(=O)N(CC(=O)N(CCO)CC(=O)NCc1ccccc1)Cc1ccccc1. The molecule has 0 fully saturated rings. The first kappa shape index (κ1) is 39.8. The van der Waals surface area contributed by atoms with E-state index in [1.54, 1.807) is 11.1 Å². The van der Waals surface area contributed by atoms with Gasteiger partial charge < -0.3 is 30.7 Å². The lowest BCUT2D eigenvalue weighted by molar-refractivity contribution is -0.143. The molecule has 0 atom stereocenters. The standard InChI is InChI=1S/C42H45N7O6/c43-38(51)28-47(21-23-55-40-25-35(34-16-8-3-9-17-34)24-37(46-40)36-18-10-11-19-44-36)30-41(53)49(27-33-14-6-2-7-15-33)31-42(54)48(20-22-50)29-39(52)45-26-32-12-4-1-5-13-32/h1-19,24-25,50H,20-23,26-31H2,(H2,43,51)(H,45,52). The van der Waals surface area contributed by atoms with Gasteiger partial charge in [0.05, 0.1) is 37.6 Å². The molecular weight excluding hydrogens is 699 g/mol. The topological polar surface area (TPSA) is 171 Å². The van der Waals surface area contributed by atoms with E-state index in [-0.39, 0.29) is 65.6 Å². The minimum Gasteiger partial charge on any atom is -0.476 e. The zero-order chi connectivity index (χ0) is 38.8. The maximum atomic E-state index is 13.9. The summed E-state index contributed by atoms with van der Waals surface area (Å²) in [4.78, 5) is 65.8. The highest BCUT2D eigenvalue weighted by Crippen LogP contribution is 2.28. The molecule has 2 aromatic heterocycles. The quantitative estimate of drug-likeness (QED) is 0.108. The highest BCUT2D eigenvalue weighted by molar-refractivity contribution is 5.89. The van der Waals surface area contributed by atoms with E-state index in [4.69, 9.17) is 10.5 Å². The molecule has 0 spiro atoms. The Labute approximate surface area is 320 Å². The van der Waals surface area contributed by atoms with Gasteiger partial charge in [-0.15, -0.1) is 0 Å². The molecular formula is C42H45N7O6. The molecule has 4 amide bonds. The monoisotopic (exact) mass is 743 g/mol. The van der Waals surface area contributed by atoms with Crippen LogP contribution >= 0.6 is 0 Å². The third kappa shape index (κ3) is 12.9. The molecule has 0 unspecified atom stereocenters. The molecule has 0 aliphatic carbocycles. The number of ether oxygens (including phenoxy) is 1. The van der Waals surface area contributed by atoms with E-state index in [9.17, 15) is 24.3 Å². The van der Waals surface area contributed by atoms with Gasteiger partial charge >= 0.3 is 0 Å². The Morgan fingerprint density at radius 3 is 1.98 bits per heavy atom. The van der Waals surface area contributed by atoms with Crippen molar-refractivity contribution >= 4 is 23.6 Å². The van der Waals surface area contributed by atoms with E-state index >= 15 is 0 Å². The number of amides is 4. The van der Waals surface area contributed by atoms with Crippen molar-refractivity contribution in [3.8, 4) is 28.4 Å². The lowest BCUT2D eigenvalue weighted by Crippen LogP contribution is -2.49. The summed E-state index contributed by atoms with van der Waals surface area (Å²) in [5.41, 5.74) is 10.4. The number of hydrogen-bond donors (Lipinski definition) is 3. The fourth-order valence-corrected chi connectivity index (χ4v) is 5.76. The van der Waals surface area contributed by atoms with Gasteiger partial charge in [-0.25, -0.2) is 4.98 Å². The smallest absolute Gasteiger partial charge is 0.242 e. The largest absolute Gasteiger partial charge is 0.476 e. The van der Waals surface area contributed by atoms with Crippen molar-refractivity contribution in [3.05, 3.63) is 139 Å². The van der Waals surface area contributed by atoms with Crippen LogP contribution in [-0.2, 0) is 32.3 Å². The molecule has 2 heterocycles. The lowest BCUT2D eigenvalue weighted by Gasteiger charge is -2.29. The van der Waals surface area contributed by atoms with Crippen molar-refractivity contribution < 1.29 is 29.0 Å². The van der Waals surface area contributed by atoms with E-state index in [1.165, 1.54) is 9.80 Å². The number of nitrogens with one attached hydrogen (secondary N) is 1. The average Bonchev–Trinajstić information content (AvgIpc) is 3.20. The Bertz CT molecular complexity index is 1930. The van der Waals surface area contributed by atoms with Crippen LogP contribution in [0, 0.1) is 0 Å². The van der Waals surface area contributed by atoms with Crippen molar-refractivity contribution in [1.82, 2.24) is 30.0 Å². The molecule has 0 radical (unpaired) electrons. The summed E-state index contributed by atoms with van der Waals surface area (Å²) >= 11 is 0. The van der Waals surface area contributed by atoms with E-state index in [2.05, 4.69) is 15.3 Å². The molecule has 55 heavy (non-hydrogen) atoms. The summed E-state index contributed by atoms with van der Waals surface area (Å²) in [6.07, 6.45) is 1.69. The Kier molecular flexibility index (Phi) is 15.0. The number of pyridine rings is 2. The maximum Gasteiger partial charge on any atom is 0.242 e. The molecule has 0 bridgehead atoms. The van der Waals surface area contributed by atoms with Gasteiger partial charge in [-0.05, 0) is 40.5 Å². The summed E-state index contributed by atoms with van der Waals surface area (Å²) in [5, 5.41) is 12.5. The zero-order valence-electron chi connectivity index (χ0n) is 30.5. The van der Waals surface area contributed by atoms with Crippen molar-refractivity contribution in [3.63, 3.8) is 0 Å². The molecule has 3 aromatic carbocycles. The van der Waals surface area contributed by atoms with Crippen LogP contribution in [0.5, 0.6) is 5.88 Å². The van der Waals surface area contributed by atoms with Crippen molar-refractivity contribution in [2.45, 2.75) is 13.1 Å². The maximum absolute atomic E-state index is 13.9. The number of carbonyl (C=O) groups excluding carboxylic acids is 4. The Balaban J connectivity index is 1.27. The third-order valence-electron chi connectivity index (χ3n) is 8.52. The predicted octanol–water partition coefficient (Wildman–Crippen LogP) is 3.14. The Hall–Kier alpha value is -6.44. The van der Waals surface area contributed by atoms with Crippen LogP contribution < -0.4 is 15.8 Å². The first-order valence-electron chi connectivity index (χ1n) is 17.9. The van der Waals surface area contributed by atoms with Crippen molar-refractivity contribution in [2.75, 3.05) is 52.5 Å². The van der Waals surface area contributed by atoms with Crippen LogP contribution in [0.1, 0.15) is 11.1 Å². The minimum absolute atomic E-state index is 0.0629. The van der Waals surface area contributed by atoms with E-state index < -0.39 is 23.6 Å². The Morgan fingerprint density at radius 1 is 0.673 bits per heavy atom. The van der Waals surface area contributed by atoms with Crippen LogP contribution in [0.25, 0.3) is 22.5 Å². The number of primary amides is 1. The van der Waals surface area contributed by atoms with Gasteiger partial charge in [0, 0.05) is 38.4 Å². The molecule has 5 rings (SSSR count). The number of aliphatic hydroxyl groups excluding tert-OH is 1. The second kappa shape index (κ2) is 20.7. The third-order valence-corrected chi connectivity index (χ3v) is 8.52. The van der Waals surface area contributed by atoms with E-state index in [0.29, 0.717) is 17.3 Å². The van der Waals surface area contributed by atoms with Gasteiger partial charge in [0.15, 0.2) is 0 Å². The van der Waals surface area contributed by atoms with Gasteiger partial charge in [0.25, 0.3) is 0 Å². The van der Waals surface area contributed by atoms with Gasteiger partial charge in [-0.2, -0.15) is 0 Å². The van der Waals surface area contributed by atoms with Gasteiger partial charge in [0.2, 0.25) is 29.5 Å². The first-order valence-corrected chi connectivity index (χ1v) is 17.9. The number of nitrogens with zero attached hydrogens (tertiary/aromatic N) is 5. The fourth-order valence-electron chi connectivity index (χ4n) is 5.76. The van der Waals surface area contributed by atoms with Crippen molar-refractivity contribution in [2.24, 2.45) is 5.73 Å². The Morgan fingerprint density at radius 2 is 1.33 bits per heavy atom. The van der Waals surface area contributed by atoms with Gasteiger partial charge in [-0.3, -0.25) is 29.1 Å². The van der Waals surface area contributed by atoms with Crippen molar-refractivity contribution in [1.29, 1.82) is 0 Å². The minimum atomic E-state index is -0.643. The first-order chi connectivity index (χ1) is 26.8. The number of aromatic nitrogens is 2. The van der Waals surface area contributed by atoms with E-state index in [0.717, 1.165) is 22.3 Å². The summed E-state index contributed by atoms with van der Waals surface area (Å²) in [5.74, 6) is -1.69. The number of aliphatic hydroxyl groups is 1. The van der Waals surface area contributed by atoms with Crippen LogP contribution in [-0.4, -0.2) is 106 Å². The highest BCUT2D eigenvalue weighted by atomic mass is 16.5. The zero-order valence-corrected chi connectivity index (χ0v) is 30.5. The molecule has 0 aliphatic rings. The van der Waals surface area contributed by atoms with Gasteiger partial charge in [0.1, 0.15) is 13.2 Å². The number of carbonyl (C=O) groups is 4. The van der Waals surface area contributed by atoms with Gasteiger partial charge in [-0.1, -0.05) is 97.1 Å². The predicted molar refractivity (Wildman–Crippen MR) is 208 cm³/mol. The summed E-state index contributed by atoms with van der Waals surface area (Å²) < 4.78 is 6.11. The highest BCUT2D eigenvalue weighted by Gasteiger charge is 2.25. The average molecular weight is 744 g/mol. The molecule has 0 saturated carbocycles. The van der Waals surface area contributed by atoms with E-state index in [1.807, 2.05) is 121 Å². The molecule has 4 N–H and O–H groups in total. The van der Waals surface area contributed by atoms with Crippen LogP contribution in [0.2, 0.25) is 0 Å². The summed E-state index contributed by atoms with van der Waals surface area (Å²) in [6.45, 7) is -1.06. The molecule has 0 aliphatic heterocycles. The van der Waals surface area contributed by atoms with Crippen LogP contribution in [0.15, 0.2) is 128 Å². The molecule has 0 saturated heterocycles. The number of hydrogen-bond acceptors (Lipinski definition) is 9. The molecule has 5 aromatic rings. The lowest BCUT2D eigenvalue weighted by atomic mass is 10.1. The fraction of sp³-hybridized carbons (Fsp3) is 0.238. The number of nitrogens with two attached hydrogens (primary N) is 1. The van der Waals surface area contributed by atoms with Crippen LogP contribution in [0.4, 0.5) is 0 Å². The number of rotatable bonds is 20. The number of benzene rings is 3. The summed E-state index contributed by atoms with van der Waals surface area (Å²) in [7, 11) is 0. The second-order valence-corrected chi connectivity index (χ2v) is 12.7. The molecule has 13 heteroatoms. The normalized spacial score (nSPS) is 10.8. The molecule has 13 nitrogen and oxygen atoms in total.